The molecule has 0 aliphatic heterocycles. The molecule has 0 aromatic carbocycles. The molecule has 0 saturated heterocycles. The van der Waals surface area contributed by atoms with Gasteiger partial charge in [-0.1, -0.05) is 0 Å². The number of carbonyl (C=O) groups excluding carboxylic acids is 2. The lowest BCUT2D eigenvalue weighted by Crippen LogP contribution is -2.45. The Morgan fingerprint density at radius 1 is 0.938 bits per heavy atom. The second-order valence-electron chi connectivity index (χ2n) is 3.27. The van der Waals surface area contributed by atoms with Crippen LogP contribution in [0.15, 0.2) is 0 Å². The molecule has 0 heterocycles. The van der Waals surface area contributed by atoms with Gasteiger partial charge in [-0.05, 0) is 27.7 Å². The third-order valence-corrected chi connectivity index (χ3v) is 2.31. The number of nitrogens with zero attached hydrogens (tertiary/aromatic N) is 2. The lowest BCUT2D eigenvalue weighted by atomic mass is 10.4. The summed E-state index contributed by atoms with van der Waals surface area (Å²) >= 11 is 0. The van der Waals surface area contributed by atoms with Gasteiger partial charge in [0, 0.05) is 19.6 Å². The normalized spacial score (nSPS) is 9.75. The van der Waals surface area contributed by atoms with Gasteiger partial charge >= 0.3 is 12.0 Å². The van der Waals surface area contributed by atoms with E-state index in [0.29, 0.717) is 26.2 Å². The Kier molecular flexibility index (Phi) is 7.33. The average Bonchev–Trinajstić information content (AvgIpc) is 2.27. The molecule has 0 rings (SSSR count). The number of hydrogen-bond donors (Lipinski definition) is 0. The van der Waals surface area contributed by atoms with Crippen LogP contribution in [0.2, 0.25) is 0 Å². The fraction of sp³-hybridized carbons (Fsp3) is 0.818. The van der Waals surface area contributed by atoms with E-state index in [9.17, 15) is 9.59 Å². The average molecular weight is 230 g/mol. The van der Waals surface area contributed by atoms with Crippen molar-refractivity contribution >= 4 is 12.0 Å². The monoisotopic (exact) mass is 230 g/mol. The zero-order chi connectivity index (χ0) is 12.6. The van der Waals surface area contributed by atoms with Crippen molar-refractivity contribution in [1.29, 1.82) is 0 Å². The van der Waals surface area contributed by atoms with E-state index in [2.05, 4.69) is 0 Å². The molecule has 0 aromatic heterocycles. The first-order chi connectivity index (χ1) is 7.60. The molecular weight excluding hydrogens is 208 g/mol. The first kappa shape index (κ1) is 14.7. The lowest BCUT2D eigenvalue weighted by Gasteiger charge is -2.27. The van der Waals surface area contributed by atoms with Crippen LogP contribution in [-0.4, -0.2) is 54.6 Å². The zero-order valence-electron chi connectivity index (χ0n) is 10.7. The van der Waals surface area contributed by atoms with Crippen LogP contribution < -0.4 is 0 Å². The van der Waals surface area contributed by atoms with Gasteiger partial charge in [0.25, 0.3) is 0 Å². The molecule has 0 bridgehead atoms. The molecule has 0 atom stereocenters. The molecule has 94 valence electrons. The molecule has 0 aliphatic carbocycles. The SMILES string of the molecule is CCOC(=O)CN(CC)C(=O)N(CC)CC. The van der Waals surface area contributed by atoms with Crippen LogP contribution in [0.25, 0.3) is 0 Å². The summed E-state index contributed by atoms with van der Waals surface area (Å²) in [5, 5.41) is 0. The molecule has 16 heavy (non-hydrogen) atoms. The second kappa shape index (κ2) is 7.96. The van der Waals surface area contributed by atoms with Crippen LogP contribution >= 0.6 is 0 Å². The standard InChI is InChI=1S/C11H22N2O3/c1-5-12(6-2)11(15)13(7-3)9-10(14)16-8-4/h5-9H2,1-4H3. The number of carbonyl (C=O) groups is 2. The van der Waals surface area contributed by atoms with Crippen molar-refractivity contribution in [2.24, 2.45) is 0 Å². The first-order valence-corrected chi connectivity index (χ1v) is 5.80. The Bertz CT molecular complexity index is 227. The van der Waals surface area contributed by atoms with Gasteiger partial charge < -0.3 is 14.5 Å². The van der Waals surface area contributed by atoms with Crippen LogP contribution in [0.5, 0.6) is 0 Å². The largest absolute Gasteiger partial charge is 0.465 e. The summed E-state index contributed by atoms with van der Waals surface area (Å²) in [7, 11) is 0. The minimum Gasteiger partial charge on any atom is -0.465 e. The molecule has 0 spiro atoms. The highest BCUT2D eigenvalue weighted by Crippen LogP contribution is 1.99. The number of amides is 2. The van der Waals surface area contributed by atoms with Crippen LogP contribution in [0.1, 0.15) is 27.7 Å². The maximum atomic E-state index is 11.9. The summed E-state index contributed by atoms with van der Waals surface area (Å²) in [5.74, 6) is -0.357. The third-order valence-electron chi connectivity index (χ3n) is 2.31. The number of hydrogen-bond acceptors (Lipinski definition) is 3. The Morgan fingerprint density at radius 3 is 1.81 bits per heavy atom. The second-order valence-corrected chi connectivity index (χ2v) is 3.27. The van der Waals surface area contributed by atoms with E-state index >= 15 is 0 Å². The Balaban J connectivity index is 4.36. The number of esters is 1. The first-order valence-electron chi connectivity index (χ1n) is 5.80. The molecule has 0 N–H and O–H groups in total. The van der Waals surface area contributed by atoms with Crippen molar-refractivity contribution in [1.82, 2.24) is 9.80 Å². The quantitative estimate of drug-likeness (QED) is 0.647. The minimum absolute atomic E-state index is 0.0275. The van der Waals surface area contributed by atoms with Crippen LogP contribution in [0.3, 0.4) is 0 Å². The van der Waals surface area contributed by atoms with Gasteiger partial charge in [0.2, 0.25) is 0 Å². The topological polar surface area (TPSA) is 49.9 Å². The van der Waals surface area contributed by atoms with Crippen LogP contribution in [0, 0.1) is 0 Å². The predicted molar refractivity (Wildman–Crippen MR) is 62.2 cm³/mol. The van der Waals surface area contributed by atoms with Crippen LogP contribution in [-0.2, 0) is 9.53 Å². The van der Waals surface area contributed by atoms with Gasteiger partial charge in [-0.3, -0.25) is 4.79 Å². The number of likely N-dealkylation sites (N-methyl/N-ethyl adjacent to an activating group) is 1. The maximum Gasteiger partial charge on any atom is 0.325 e. The third kappa shape index (κ3) is 4.51. The van der Waals surface area contributed by atoms with E-state index < -0.39 is 0 Å². The van der Waals surface area contributed by atoms with Crippen molar-refractivity contribution < 1.29 is 14.3 Å². The van der Waals surface area contributed by atoms with Crippen molar-refractivity contribution in [3.8, 4) is 0 Å². The number of urea groups is 1. The summed E-state index contributed by atoms with van der Waals surface area (Å²) in [6.45, 7) is 9.60. The molecule has 0 aliphatic rings. The Labute approximate surface area is 97.3 Å². The molecule has 0 saturated carbocycles. The summed E-state index contributed by atoms with van der Waals surface area (Å²) in [6.07, 6.45) is 0. The Hall–Kier alpha value is -1.26. The van der Waals surface area contributed by atoms with Gasteiger partial charge in [0.1, 0.15) is 6.54 Å². The molecular formula is C11H22N2O3. The highest BCUT2D eigenvalue weighted by molar-refractivity contribution is 5.81. The van der Waals surface area contributed by atoms with E-state index in [0.717, 1.165) is 0 Å². The van der Waals surface area contributed by atoms with Crippen molar-refractivity contribution in [2.75, 3.05) is 32.8 Å². The highest BCUT2D eigenvalue weighted by atomic mass is 16.5. The molecule has 0 unspecified atom stereocenters. The van der Waals surface area contributed by atoms with E-state index in [4.69, 9.17) is 4.74 Å². The molecule has 0 aromatic rings. The molecule has 2 amide bonds. The van der Waals surface area contributed by atoms with Gasteiger partial charge in [-0.15, -0.1) is 0 Å². The summed E-state index contributed by atoms with van der Waals surface area (Å²) in [6, 6.07) is -0.111. The van der Waals surface area contributed by atoms with Crippen molar-refractivity contribution in [3.63, 3.8) is 0 Å². The van der Waals surface area contributed by atoms with Gasteiger partial charge in [0.15, 0.2) is 0 Å². The van der Waals surface area contributed by atoms with E-state index in [1.807, 2.05) is 20.8 Å². The zero-order valence-corrected chi connectivity index (χ0v) is 10.7. The fourth-order valence-corrected chi connectivity index (χ4v) is 1.37. The van der Waals surface area contributed by atoms with Gasteiger partial charge in [-0.2, -0.15) is 0 Å². The minimum atomic E-state index is -0.357. The fourth-order valence-electron chi connectivity index (χ4n) is 1.37. The molecule has 5 heteroatoms. The lowest BCUT2D eigenvalue weighted by molar-refractivity contribution is -0.143. The van der Waals surface area contributed by atoms with Crippen molar-refractivity contribution in [3.05, 3.63) is 0 Å². The Morgan fingerprint density at radius 2 is 1.44 bits per heavy atom. The van der Waals surface area contributed by atoms with Gasteiger partial charge in [0.05, 0.1) is 6.61 Å². The van der Waals surface area contributed by atoms with E-state index in [1.165, 1.54) is 4.90 Å². The predicted octanol–water partition coefficient (Wildman–Crippen LogP) is 1.33. The van der Waals surface area contributed by atoms with E-state index in [-0.39, 0.29) is 18.5 Å². The molecule has 0 fully saturated rings. The molecule has 0 radical (unpaired) electrons. The number of rotatable bonds is 6. The summed E-state index contributed by atoms with van der Waals surface area (Å²) in [5.41, 5.74) is 0. The summed E-state index contributed by atoms with van der Waals surface area (Å²) in [4.78, 5) is 26.4. The van der Waals surface area contributed by atoms with E-state index in [1.54, 1.807) is 11.8 Å². The molecule has 5 nitrogen and oxygen atoms in total. The number of ether oxygens (including phenoxy) is 1. The highest BCUT2D eigenvalue weighted by Gasteiger charge is 2.19. The smallest absolute Gasteiger partial charge is 0.325 e. The van der Waals surface area contributed by atoms with Gasteiger partial charge in [-0.25, -0.2) is 4.79 Å². The van der Waals surface area contributed by atoms with Crippen molar-refractivity contribution in [2.45, 2.75) is 27.7 Å². The van der Waals surface area contributed by atoms with Crippen LogP contribution in [0.4, 0.5) is 4.79 Å². The summed E-state index contributed by atoms with van der Waals surface area (Å²) < 4.78 is 4.82. The maximum absolute atomic E-state index is 11.9.